The molecular formula is C14H25N3O. The predicted octanol–water partition coefficient (Wildman–Crippen LogP) is 1.95. The van der Waals surface area contributed by atoms with Gasteiger partial charge in [-0.1, -0.05) is 12.8 Å². The van der Waals surface area contributed by atoms with Crippen LogP contribution >= 0.6 is 0 Å². The largest absolute Gasteiger partial charge is 0.369 e. The minimum atomic E-state index is 0.249. The van der Waals surface area contributed by atoms with Gasteiger partial charge < -0.3 is 10.2 Å². The van der Waals surface area contributed by atoms with E-state index in [1.807, 2.05) is 18.7 Å². The van der Waals surface area contributed by atoms with Gasteiger partial charge >= 0.3 is 0 Å². The van der Waals surface area contributed by atoms with Crippen LogP contribution in [0.5, 0.6) is 0 Å². The van der Waals surface area contributed by atoms with Crippen molar-refractivity contribution in [2.75, 3.05) is 13.1 Å². The van der Waals surface area contributed by atoms with Gasteiger partial charge in [0, 0.05) is 32.0 Å². The molecule has 2 rings (SSSR count). The molecule has 1 N–H and O–H groups in total. The van der Waals surface area contributed by atoms with E-state index in [2.05, 4.69) is 5.32 Å². The van der Waals surface area contributed by atoms with Crippen LogP contribution in [0, 0.1) is 0 Å². The molecule has 0 saturated heterocycles. The van der Waals surface area contributed by atoms with Gasteiger partial charge in [0.25, 0.3) is 0 Å². The Bertz CT molecular complexity index is 323. The molecule has 0 bridgehead atoms. The SMILES string of the molecule is CCN(CC)C(=O)CCC1=N[C@@H]2CCCC[C@@H]2N1. The number of amides is 1. The summed E-state index contributed by atoms with van der Waals surface area (Å²) in [5.41, 5.74) is 0. The van der Waals surface area contributed by atoms with Gasteiger partial charge in [0.1, 0.15) is 0 Å². The van der Waals surface area contributed by atoms with Crippen molar-refractivity contribution in [3.05, 3.63) is 0 Å². The van der Waals surface area contributed by atoms with Crippen LogP contribution in [0.1, 0.15) is 52.4 Å². The molecule has 1 heterocycles. The molecule has 1 saturated carbocycles. The Labute approximate surface area is 110 Å². The first-order valence-electron chi connectivity index (χ1n) is 7.35. The third-order valence-electron chi connectivity index (χ3n) is 4.09. The summed E-state index contributed by atoms with van der Waals surface area (Å²) in [6, 6.07) is 1.04. The standard InChI is InChI=1S/C14H25N3O/c1-3-17(4-2)14(18)10-9-13-15-11-7-5-6-8-12(11)16-13/h11-12H,3-10H2,1-2H3,(H,15,16)/t11-,12+. The first kappa shape index (κ1) is 13.4. The van der Waals surface area contributed by atoms with Crippen molar-refractivity contribution < 1.29 is 4.79 Å². The van der Waals surface area contributed by atoms with Crippen LogP contribution in [-0.4, -0.2) is 41.8 Å². The Morgan fingerprint density at radius 2 is 2.06 bits per heavy atom. The lowest BCUT2D eigenvalue weighted by Gasteiger charge is -2.23. The maximum absolute atomic E-state index is 11.9. The van der Waals surface area contributed by atoms with Crippen molar-refractivity contribution in [1.29, 1.82) is 0 Å². The van der Waals surface area contributed by atoms with Crippen molar-refractivity contribution in [2.45, 2.75) is 64.5 Å². The fraction of sp³-hybridized carbons (Fsp3) is 0.857. The molecule has 1 aliphatic carbocycles. The van der Waals surface area contributed by atoms with Crippen molar-refractivity contribution >= 4 is 11.7 Å². The summed E-state index contributed by atoms with van der Waals surface area (Å²) < 4.78 is 0. The molecule has 0 unspecified atom stereocenters. The van der Waals surface area contributed by atoms with Crippen molar-refractivity contribution in [3.63, 3.8) is 0 Å². The molecule has 2 atom stereocenters. The van der Waals surface area contributed by atoms with Gasteiger partial charge in [0.15, 0.2) is 0 Å². The second kappa shape index (κ2) is 6.21. The van der Waals surface area contributed by atoms with Crippen LogP contribution in [0.3, 0.4) is 0 Å². The van der Waals surface area contributed by atoms with E-state index in [0.717, 1.165) is 25.3 Å². The Kier molecular flexibility index (Phi) is 4.61. The van der Waals surface area contributed by atoms with Gasteiger partial charge in [-0.15, -0.1) is 0 Å². The van der Waals surface area contributed by atoms with E-state index in [0.29, 0.717) is 18.5 Å². The van der Waals surface area contributed by atoms with E-state index in [1.54, 1.807) is 0 Å². The zero-order valence-electron chi connectivity index (χ0n) is 11.6. The molecule has 0 radical (unpaired) electrons. The van der Waals surface area contributed by atoms with E-state index < -0.39 is 0 Å². The number of nitrogens with one attached hydrogen (secondary N) is 1. The molecule has 1 aliphatic heterocycles. The molecule has 102 valence electrons. The molecular weight excluding hydrogens is 226 g/mol. The highest BCUT2D eigenvalue weighted by Gasteiger charge is 2.30. The van der Waals surface area contributed by atoms with Crippen LogP contribution in [0.2, 0.25) is 0 Å². The summed E-state index contributed by atoms with van der Waals surface area (Å²) >= 11 is 0. The first-order chi connectivity index (χ1) is 8.74. The Balaban J connectivity index is 1.79. The van der Waals surface area contributed by atoms with Gasteiger partial charge in [-0.05, 0) is 26.7 Å². The summed E-state index contributed by atoms with van der Waals surface area (Å²) in [4.78, 5) is 18.5. The molecule has 18 heavy (non-hydrogen) atoms. The van der Waals surface area contributed by atoms with Crippen molar-refractivity contribution in [1.82, 2.24) is 10.2 Å². The average Bonchev–Trinajstić information content (AvgIpc) is 2.80. The van der Waals surface area contributed by atoms with Gasteiger partial charge in [-0.25, -0.2) is 0 Å². The van der Waals surface area contributed by atoms with Crippen LogP contribution in [0.4, 0.5) is 0 Å². The van der Waals surface area contributed by atoms with Gasteiger partial charge in [-0.2, -0.15) is 0 Å². The number of hydrogen-bond donors (Lipinski definition) is 1. The molecule has 0 aromatic heterocycles. The Morgan fingerprint density at radius 1 is 1.33 bits per heavy atom. The Morgan fingerprint density at radius 3 is 2.72 bits per heavy atom. The van der Waals surface area contributed by atoms with E-state index in [4.69, 9.17) is 4.99 Å². The molecule has 4 nitrogen and oxygen atoms in total. The summed E-state index contributed by atoms with van der Waals surface area (Å²) in [7, 11) is 0. The summed E-state index contributed by atoms with van der Waals surface area (Å²) in [6.07, 6.45) is 6.44. The predicted molar refractivity (Wildman–Crippen MR) is 73.8 cm³/mol. The molecule has 0 spiro atoms. The van der Waals surface area contributed by atoms with Crippen LogP contribution in [0.25, 0.3) is 0 Å². The van der Waals surface area contributed by atoms with Crippen molar-refractivity contribution in [2.24, 2.45) is 4.99 Å². The fourth-order valence-electron chi connectivity index (χ4n) is 2.98. The maximum Gasteiger partial charge on any atom is 0.222 e. The number of amidine groups is 1. The number of carbonyl (C=O) groups is 1. The van der Waals surface area contributed by atoms with E-state index in [9.17, 15) is 4.79 Å². The molecule has 1 amide bonds. The zero-order valence-corrected chi connectivity index (χ0v) is 11.6. The van der Waals surface area contributed by atoms with Gasteiger partial charge in [-0.3, -0.25) is 9.79 Å². The fourth-order valence-corrected chi connectivity index (χ4v) is 2.98. The minimum absolute atomic E-state index is 0.249. The number of fused-ring (bicyclic) bond motifs is 1. The smallest absolute Gasteiger partial charge is 0.222 e. The quantitative estimate of drug-likeness (QED) is 0.811. The van der Waals surface area contributed by atoms with Crippen LogP contribution < -0.4 is 5.32 Å². The zero-order chi connectivity index (χ0) is 13.0. The summed E-state index contributed by atoms with van der Waals surface area (Å²) in [5, 5.41) is 3.50. The third-order valence-corrected chi connectivity index (χ3v) is 4.09. The maximum atomic E-state index is 11.9. The molecule has 2 aliphatic rings. The number of aliphatic imine (C=N–C) groups is 1. The van der Waals surface area contributed by atoms with Gasteiger partial charge in [0.05, 0.1) is 11.9 Å². The van der Waals surface area contributed by atoms with Crippen LogP contribution in [-0.2, 0) is 4.79 Å². The molecule has 1 fully saturated rings. The molecule has 0 aromatic rings. The monoisotopic (exact) mass is 251 g/mol. The van der Waals surface area contributed by atoms with E-state index in [1.165, 1.54) is 25.7 Å². The molecule has 4 heteroatoms. The van der Waals surface area contributed by atoms with Crippen LogP contribution in [0.15, 0.2) is 4.99 Å². The lowest BCUT2D eigenvalue weighted by Crippen LogP contribution is -2.37. The van der Waals surface area contributed by atoms with Crippen molar-refractivity contribution in [3.8, 4) is 0 Å². The first-order valence-corrected chi connectivity index (χ1v) is 7.35. The lowest BCUT2D eigenvalue weighted by atomic mass is 9.92. The highest BCUT2D eigenvalue weighted by atomic mass is 16.2. The highest BCUT2D eigenvalue weighted by molar-refractivity contribution is 5.88. The van der Waals surface area contributed by atoms with E-state index >= 15 is 0 Å². The normalized spacial score (nSPS) is 26.2. The highest BCUT2D eigenvalue weighted by Crippen LogP contribution is 2.25. The van der Waals surface area contributed by atoms with E-state index in [-0.39, 0.29) is 5.91 Å². The third kappa shape index (κ3) is 3.03. The summed E-state index contributed by atoms with van der Waals surface area (Å²) in [6.45, 7) is 5.67. The summed E-state index contributed by atoms with van der Waals surface area (Å²) in [5.74, 6) is 1.31. The molecule has 0 aromatic carbocycles. The number of rotatable bonds is 5. The Hall–Kier alpha value is -1.06. The average molecular weight is 251 g/mol. The second-order valence-electron chi connectivity index (χ2n) is 5.24. The minimum Gasteiger partial charge on any atom is -0.369 e. The second-order valence-corrected chi connectivity index (χ2v) is 5.24. The number of carbonyl (C=O) groups excluding carboxylic acids is 1. The van der Waals surface area contributed by atoms with Gasteiger partial charge in [0.2, 0.25) is 5.91 Å². The number of nitrogens with zero attached hydrogens (tertiary/aromatic N) is 2. The number of hydrogen-bond acceptors (Lipinski definition) is 3. The lowest BCUT2D eigenvalue weighted by molar-refractivity contribution is -0.130. The topological polar surface area (TPSA) is 44.7 Å².